The van der Waals surface area contributed by atoms with Crippen molar-refractivity contribution in [3.8, 4) is 5.75 Å². The van der Waals surface area contributed by atoms with Gasteiger partial charge in [-0.3, -0.25) is 0 Å². The number of ether oxygens (including phenoxy) is 1. The van der Waals surface area contributed by atoms with Crippen LogP contribution in [-0.4, -0.2) is 7.11 Å². The number of hydrogen-bond donors (Lipinski definition) is 1. The highest BCUT2D eigenvalue weighted by molar-refractivity contribution is 6.31. The SMILES string of the molecule is COc1cccc(Cl)c1CNC(C)c1cc(F)cc(F)c1. The Morgan fingerprint density at radius 3 is 2.48 bits per heavy atom. The third-order valence-electron chi connectivity index (χ3n) is 3.27. The van der Waals surface area contributed by atoms with Crippen LogP contribution >= 0.6 is 11.6 Å². The van der Waals surface area contributed by atoms with E-state index in [2.05, 4.69) is 5.32 Å². The molecule has 0 aliphatic carbocycles. The van der Waals surface area contributed by atoms with Crippen molar-refractivity contribution < 1.29 is 13.5 Å². The van der Waals surface area contributed by atoms with Gasteiger partial charge in [0.05, 0.1) is 7.11 Å². The minimum absolute atomic E-state index is 0.226. The van der Waals surface area contributed by atoms with E-state index in [1.807, 2.05) is 13.0 Å². The molecule has 0 fully saturated rings. The van der Waals surface area contributed by atoms with E-state index >= 15 is 0 Å². The van der Waals surface area contributed by atoms with E-state index in [0.29, 0.717) is 22.9 Å². The lowest BCUT2D eigenvalue weighted by atomic mass is 10.1. The van der Waals surface area contributed by atoms with Crippen molar-refractivity contribution >= 4 is 11.6 Å². The van der Waals surface area contributed by atoms with Gasteiger partial charge < -0.3 is 10.1 Å². The van der Waals surface area contributed by atoms with Gasteiger partial charge in [-0.2, -0.15) is 0 Å². The molecule has 0 bridgehead atoms. The number of hydrogen-bond acceptors (Lipinski definition) is 2. The number of benzene rings is 2. The molecule has 2 aromatic rings. The van der Waals surface area contributed by atoms with E-state index < -0.39 is 11.6 Å². The predicted molar refractivity (Wildman–Crippen MR) is 79.6 cm³/mol. The van der Waals surface area contributed by atoms with Gasteiger partial charge in [0, 0.05) is 29.2 Å². The molecular formula is C16H16ClF2NO. The lowest BCUT2D eigenvalue weighted by Gasteiger charge is -2.17. The van der Waals surface area contributed by atoms with Gasteiger partial charge in [0.15, 0.2) is 0 Å². The van der Waals surface area contributed by atoms with Crippen LogP contribution in [0.15, 0.2) is 36.4 Å². The maximum absolute atomic E-state index is 13.2. The lowest BCUT2D eigenvalue weighted by molar-refractivity contribution is 0.406. The lowest BCUT2D eigenvalue weighted by Crippen LogP contribution is -2.19. The van der Waals surface area contributed by atoms with Gasteiger partial charge in [0.1, 0.15) is 17.4 Å². The first kappa shape index (κ1) is 15.7. The van der Waals surface area contributed by atoms with Crippen molar-refractivity contribution in [3.63, 3.8) is 0 Å². The molecular weight excluding hydrogens is 296 g/mol. The highest BCUT2D eigenvalue weighted by atomic mass is 35.5. The summed E-state index contributed by atoms with van der Waals surface area (Å²) in [5.74, 6) is -0.504. The second-order valence-corrected chi connectivity index (χ2v) is 5.13. The van der Waals surface area contributed by atoms with Crippen LogP contribution in [-0.2, 0) is 6.54 Å². The first-order valence-corrected chi connectivity index (χ1v) is 6.90. The third kappa shape index (κ3) is 3.93. The van der Waals surface area contributed by atoms with Crippen LogP contribution < -0.4 is 10.1 Å². The summed E-state index contributed by atoms with van der Waals surface area (Å²) < 4.78 is 31.7. The summed E-state index contributed by atoms with van der Waals surface area (Å²) >= 11 is 6.15. The Labute approximate surface area is 127 Å². The van der Waals surface area contributed by atoms with Gasteiger partial charge >= 0.3 is 0 Å². The van der Waals surface area contributed by atoms with Crippen molar-refractivity contribution in [2.75, 3.05) is 7.11 Å². The number of nitrogens with one attached hydrogen (secondary N) is 1. The maximum atomic E-state index is 13.2. The smallest absolute Gasteiger partial charge is 0.126 e. The highest BCUT2D eigenvalue weighted by Crippen LogP contribution is 2.27. The zero-order valence-corrected chi connectivity index (χ0v) is 12.5. The molecule has 21 heavy (non-hydrogen) atoms. The van der Waals surface area contributed by atoms with E-state index in [0.717, 1.165) is 11.6 Å². The van der Waals surface area contributed by atoms with E-state index in [4.69, 9.17) is 16.3 Å². The summed E-state index contributed by atoms with van der Waals surface area (Å²) in [4.78, 5) is 0. The van der Waals surface area contributed by atoms with E-state index in [9.17, 15) is 8.78 Å². The molecule has 0 spiro atoms. The van der Waals surface area contributed by atoms with Gasteiger partial charge in [-0.1, -0.05) is 17.7 Å². The summed E-state index contributed by atoms with van der Waals surface area (Å²) in [6.45, 7) is 2.26. The molecule has 112 valence electrons. The zero-order chi connectivity index (χ0) is 15.4. The molecule has 0 aliphatic heterocycles. The van der Waals surface area contributed by atoms with Gasteiger partial charge in [0.25, 0.3) is 0 Å². The van der Waals surface area contributed by atoms with E-state index in [-0.39, 0.29) is 6.04 Å². The predicted octanol–water partition coefficient (Wildman–Crippen LogP) is 4.48. The molecule has 2 nitrogen and oxygen atoms in total. The van der Waals surface area contributed by atoms with E-state index in [1.54, 1.807) is 19.2 Å². The van der Waals surface area contributed by atoms with Crippen LogP contribution in [0.5, 0.6) is 5.75 Å². The molecule has 0 amide bonds. The van der Waals surface area contributed by atoms with E-state index in [1.165, 1.54) is 12.1 Å². The molecule has 1 N–H and O–H groups in total. The van der Waals surface area contributed by atoms with Crippen LogP contribution in [0, 0.1) is 11.6 Å². The minimum atomic E-state index is -0.589. The Balaban J connectivity index is 2.12. The maximum Gasteiger partial charge on any atom is 0.126 e. The van der Waals surface area contributed by atoms with Gasteiger partial charge in [0.2, 0.25) is 0 Å². The van der Waals surface area contributed by atoms with Crippen LogP contribution in [0.4, 0.5) is 8.78 Å². The van der Waals surface area contributed by atoms with Crippen molar-refractivity contribution in [3.05, 3.63) is 64.2 Å². The quantitative estimate of drug-likeness (QED) is 0.879. The van der Waals surface area contributed by atoms with Gasteiger partial charge in [-0.05, 0) is 36.8 Å². The molecule has 0 saturated carbocycles. The second kappa shape index (κ2) is 6.87. The Hall–Kier alpha value is -1.65. The van der Waals surface area contributed by atoms with Crippen molar-refractivity contribution in [1.82, 2.24) is 5.32 Å². The standard InChI is InChI=1S/C16H16ClF2NO/c1-10(11-6-12(18)8-13(19)7-11)20-9-14-15(17)4-3-5-16(14)21-2/h3-8,10,20H,9H2,1-2H3. The summed E-state index contributed by atoms with van der Waals surface area (Å²) in [6.07, 6.45) is 0. The number of methoxy groups -OCH3 is 1. The first-order chi connectivity index (χ1) is 10.0. The fourth-order valence-corrected chi connectivity index (χ4v) is 2.33. The summed E-state index contributed by atoms with van der Waals surface area (Å²) in [5, 5.41) is 3.77. The molecule has 2 aromatic carbocycles. The van der Waals surface area contributed by atoms with Crippen molar-refractivity contribution in [1.29, 1.82) is 0 Å². The van der Waals surface area contributed by atoms with Crippen LogP contribution in [0.3, 0.4) is 0 Å². The Kier molecular flexibility index (Phi) is 5.15. The van der Waals surface area contributed by atoms with Crippen LogP contribution in [0.25, 0.3) is 0 Å². The van der Waals surface area contributed by atoms with Gasteiger partial charge in [-0.15, -0.1) is 0 Å². The molecule has 0 saturated heterocycles. The van der Waals surface area contributed by atoms with Crippen LogP contribution in [0.1, 0.15) is 24.1 Å². The third-order valence-corrected chi connectivity index (χ3v) is 3.62. The molecule has 0 aromatic heterocycles. The summed E-state index contributed by atoms with van der Waals surface area (Å²) in [6, 6.07) is 8.64. The summed E-state index contributed by atoms with van der Waals surface area (Å²) in [5.41, 5.74) is 1.35. The Morgan fingerprint density at radius 1 is 1.19 bits per heavy atom. The normalized spacial score (nSPS) is 12.2. The monoisotopic (exact) mass is 311 g/mol. The van der Waals surface area contributed by atoms with Crippen molar-refractivity contribution in [2.24, 2.45) is 0 Å². The molecule has 2 rings (SSSR count). The molecule has 0 radical (unpaired) electrons. The van der Waals surface area contributed by atoms with Crippen LogP contribution in [0.2, 0.25) is 5.02 Å². The van der Waals surface area contributed by atoms with Crippen molar-refractivity contribution in [2.45, 2.75) is 19.5 Å². The average molecular weight is 312 g/mol. The second-order valence-electron chi connectivity index (χ2n) is 4.73. The average Bonchev–Trinajstić information content (AvgIpc) is 2.44. The fraction of sp³-hybridized carbons (Fsp3) is 0.250. The number of rotatable bonds is 5. The molecule has 1 unspecified atom stereocenters. The highest BCUT2D eigenvalue weighted by Gasteiger charge is 2.12. The summed E-state index contributed by atoms with van der Waals surface area (Å²) in [7, 11) is 1.57. The molecule has 0 heterocycles. The topological polar surface area (TPSA) is 21.3 Å². The number of halogens is 3. The minimum Gasteiger partial charge on any atom is -0.496 e. The Morgan fingerprint density at radius 2 is 1.86 bits per heavy atom. The first-order valence-electron chi connectivity index (χ1n) is 6.52. The Bertz CT molecular complexity index is 613. The zero-order valence-electron chi connectivity index (χ0n) is 11.8. The molecule has 5 heteroatoms. The van der Waals surface area contributed by atoms with Gasteiger partial charge in [-0.25, -0.2) is 8.78 Å². The molecule has 1 atom stereocenters. The molecule has 0 aliphatic rings. The largest absolute Gasteiger partial charge is 0.496 e. The fourth-order valence-electron chi connectivity index (χ4n) is 2.10.